The van der Waals surface area contributed by atoms with Crippen LogP contribution in [0.1, 0.15) is 15.9 Å². The van der Waals surface area contributed by atoms with Crippen LogP contribution < -0.4 is 5.32 Å². The first-order valence-corrected chi connectivity index (χ1v) is 8.08. The van der Waals surface area contributed by atoms with Crippen molar-refractivity contribution >= 4 is 17.7 Å². The van der Waals surface area contributed by atoms with Gasteiger partial charge in [-0.25, -0.2) is 0 Å². The highest BCUT2D eigenvalue weighted by molar-refractivity contribution is 8.03. The van der Waals surface area contributed by atoms with E-state index in [1.807, 2.05) is 0 Å². The van der Waals surface area contributed by atoms with Gasteiger partial charge in [-0.05, 0) is 30.0 Å². The summed E-state index contributed by atoms with van der Waals surface area (Å²) in [7, 11) is 0. The van der Waals surface area contributed by atoms with Gasteiger partial charge < -0.3 is 10.1 Å². The molecule has 0 atom stereocenters. The molecule has 1 fully saturated rings. The molecule has 0 bridgehead atoms. The second-order valence-electron chi connectivity index (χ2n) is 5.15. The number of carbonyl (C=O) groups is 1. The van der Waals surface area contributed by atoms with E-state index in [2.05, 4.69) is 10.2 Å². The number of hydrogen-bond donors (Lipinski definition) is 1. The van der Waals surface area contributed by atoms with Crippen molar-refractivity contribution in [3.8, 4) is 5.40 Å². The highest BCUT2D eigenvalue weighted by Gasteiger charge is 2.32. The number of nitriles is 1. The number of nitrogens with one attached hydrogen (secondary N) is 1. The molecule has 130 valence electrons. The number of nitrogens with zero attached hydrogens (tertiary/aromatic N) is 2. The lowest BCUT2D eigenvalue weighted by Gasteiger charge is -2.26. The number of alkyl halides is 3. The van der Waals surface area contributed by atoms with E-state index >= 15 is 0 Å². The fraction of sp³-hybridized carbons (Fsp3) is 0.467. The Bertz CT molecular complexity index is 625. The van der Waals surface area contributed by atoms with Crippen LogP contribution in [0, 0.1) is 10.7 Å². The molecule has 1 aromatic carbocycles. The van der Waals surface area contributed by atoms with Crippen LogP contribution in [0.3, 0.4) is 0 Å². The predicted octanol–water partition coefficient (Wildman–Crippen LogP) is 2.34. The quantitative estimate of drug-likeness (QED) is 0.646. The Labute approximate surface area is 141 Å². The third-order valence-corrected chi connectivity index (χ3v) is 4.04. The van der Waals surface area contributed by atoms with Gasteiger partial charge in [0.2, 0.25) is 0 Å². The third kappa shape index (κ3) is 5.40. The van der Waals surface area contributed by atoms with Crippen LogP contribution in [-0.4, -0.2) is 50.2 Å². The van der Waals surface area contributed by atoms with Crippen LogP contribution in [-0.2, 0) is 10.9 Å². The van der Waals surface area contributed by atoms with E-state index in [-0.39, 0.29) is 10.5 Å². The summed E-state index contributed by atoms with van der Waals surface area (Å²) < 4.78 is 43.9. The summed E-state index contributed by atoms with van der Waals surface area (Å²) in [5.74, 6) is -0.589. The highest BCUT2D eigenvalue weighted by Crippen LogP contribution is 2.33. The molecule has 0 radical (unpaired) electrons. The smallest absolute Gasteiger partial charge is 0.379 e. The first-order chi connectivity index (χ1) is 11.4. The molecule has 0 saturated carbocycles. The van der Waals surface area contributed by atoms with Crippen LogP contribution in [0.15, 0.2) is 23.1 Å². The lowest BCUT2D eigenvalue weighted by Crippen LogP contribution is -2.41. The summed E-state index contributed by atoms with van der Waals surface area (Å²) in [6.45, 7) is 3.74. The van der Waals surface area contributed by atoms with Crippen molar-refractivity contribution < 1.29 is 22.7 Å². The van der Waals surface area contributed by atoms with E-state index in [0.29, 0.717) is 38.1 Å². The number of thiocyanates is 1. The Balaban J connectivity index is 2.01. The second kappa shape index (κ2) is 8.37. The molecule has 0 unspecified atom stereocenters. The van der Waals surface area contributed by atoms with E-state index in [9.17, 15) is 18.0 Å². The summed E-state index contributed by atoms with van der Waals surface area (Å²) in [5.41, 5.74) is -1.05. The van der Waals surface area contributed by atoms with Crippen LogP contribution in [0.2, 0.25) is 0 Å². The molecule has 24 heavy (non-hydrogen) atoms. The summed E-state index contributed by atoms with van der Waals surface area (Å²) in [5, 5.41) is 13.0. The SMILES string of the molecule is N#CSc1cc(C(=O)NCCN2CCOCC2)cc(C(F)(F)F)c1. The fourth-order valence-corrected chi connectivity index (χ4v) is 2.74. The lowest BCUT2D eigenvalue weighted by atomic mass is 10.1. The molecular formula is C15H16F3N3O2S. The van der Waals surface area contributed by atoms with Gasteiger partial charge in [0.05, 0.1) is 18.8 Å². The minimum atomic E-state index is -4.57. The van der Waals surface area contributed by atoms with Crippen molar-refractivity contribution in [2.24, 2.45) is 0 Å². The highest BCUT2D eigenvalue weighted by atomic mass is 32.2. The van der Waals surface area contributed by atoms with E-state index in [1.54, 1.807) is 5.40 Å². The number of halogens is 3. The monoisotopic (exact) mass is 359 g/mol. The molecule has 1 heterocycles. The topological polar surface area (TPSA) is 65.4 Å². The maximum absolute atomic E-state index is 12.9. The molecular weight excluding hydrogens is 343 g/mol. The predicted molar refractivity (Wildman–Crippen MR) is 82.5 cm³/mol. The van der Waals surface area contributed by atoms with Crippen LogP contribution in [0.4, 0.5) is 13.2 Å². The van der Waals surface area contributed by atoms with E-state index < -0.39 is 17.6 Å². The largest absolute Gasteiger partial charge is 0.416 e. The van der Waals surface area contributed by atoms with E-state index in [0.717, 1.165) is 25.2 Å². The maximum atomic E-state index is 12.9. The Hall–Kier alpha value is -1.76. The molecule has 5 nitrogen and oxygen atoms in total. The van der Waals surface area contributed by atoms with Crippen molar-refractivity contribution in [2.75, 3.05) is 39.4 Å². The number of hydrogen-bond acceptors (Lipinski definition) is 5. The number of benzene rings is 1. The number of ether oxygens (including phenoxy) is 1. The van der Waals surface area contributed by atoms with Gasteiger partial charge in [0.1, 0.15) is 5.40 Å². The first kappa shape index (κ1) is 18.6. The average molecular weight is 359 g/mol. The summed E-state index contributed by atoms with van der Waals surface area (Å²) in [6, 6.07) is 2.94. The van der Waals surface area contributed by atoms with Crippen LogP contribution in [0.25, 0.3) is 0 Å². The molecule has 0 aromatic heterocycles. The molecule has 0 spiro atoms. The van der Waals surface area contributed by atoms with Crippen molar-refractivity contribution in [1.29, 1.82) is 5.26 Å². The molecule has 9 heteroatoms. The molecule has 1 saturated heterocycles. The molecule has 1 amide bonds. The van der Waals surface area contributed by atoms with Gasteiger partial charge in [-0.1, -0.05) is 0 Å². The summed E-state index contributed by atoms with van der Waals surface area (Å²) in [6.07, 6.45) is -4.57. The van der Waals surface area contributed by atoms with Gasteiger partial charge in [0.25, 0.3) is 5.91 Å². The van der Waals surface area contributed by atoms with E-state index in [1.165, 1.54) is 6.07 Å². The average Bonchev–Trinajstić information content (AvgIpc) is 2.55. The number of thioether (sulfide) groups is 1. The van der Waals surface area contributed by atoms with Gasteiger partial charge in [0.15, 0.2) is 0 Å². The zero-order chi connectivity index (χ0) is 17.6. The minimum Gasteiger partial charge on any atom is -0.379 e. The zero-order valence-corrected chi connectivity index (χ0v) is 13.5. The zero-order valence-electron chi connectivity index (χ0n) is 12.7. The first-order valence-electron chi connectivity index (χ1n) is 7.26. The normalized spacial score (nSPS) is 15.8. The van der Waals surface area contributed by atoms with Crippen molar-refractivity contribution in [2.45, 2.75) is 11.1 Å². The summed E-state index contributed by atoms with van der Waals surface area (Å²) >= 11 is 0.587. The lowest BCUT2D eigenvalue weighted by molar-refractivity contribution is -0.137. The van der Waals surface area contributed by atoms with Crippen molar-refractivity contribution in [3.63, 3.8) is 0 Å². The molecule has 1 aliphatic heterocycles. The maximum Gasteiger partial charge on any atom is 0.416 e. The Kier molecular flexibility index (Phi) is 6.48. The fourth-order valence-electron chi connectivity index (χ4n) is 2.26. The Morgan fingerprint density at radius 1 is 1.33 bits per heavy atom. The summed E-state index contributed by atoms with van der Waals surface area (Å²) in [4.78, 5) is 14.3. The standard InChI is InChI=1S/C15H16F3N3O2S/c16-15(17,18)12-7-11(8-13(9-12)24-10-19)14(22)20-1-2-21-3-5-23-6-4-21/h7-9H,1-6H2,(H,20,22). The molecule has 1 aromatic rings. The van der Waals surface area contributed by atoms with Crippen LogP contribution >= 0.6 is 11.8 Å². The van der Waals surface area contributed by atoms with E-state index in [4.69, 9.17) is 10.00 Å². The molecule has 1 aliphatic rings. The number of rotatable bonds is 5. The second-order valence-corrected chi connectivity index (χ2v) is 6.01. The van der Waals surface area contributed by atoms with Gasteiger partial charge >= 0.3 is 6.18 Å². The number of morpholine rings is 1. The number of carbonyl (C=O) groups excluding carboxylic acids is 1. The van der Waals surface area contributed by atoms with Gasteiger partial charge in [-0.2, -0.15) is 18.4 Å². The minimum absolute atomic E-state index is 0.0886. The van der Waals surface area contributed by atoms with Crippen LogP contribution in [0.5, 0.6) is 0 Å². The van der Waals surface area contributed by atoms with Gasteiger partial charge in [0, 0.05) is 36.6 Å². The van der Waals surface area contributed by atoms with Crippen molar-refractivity contribution in [1.82, 2.24) is 10.2 Å². The van der Waals surface area contributed by atoms with Gasteiger partial charge in [-0.15, -0.1) is 0 Å². The number of amides is 1. The molecule has 1 N–H and O–H groups in total. The molecule has 2 rings (SSSR count). The van der Waals surface area contributed by atoms with Gasteiger partial charge in [-0.3, -0.25) is 9.69 Å². The Morgan fingerprint density at radius 3 is 2.67 bits per heavy atom. The Morgan fingerprint density at radius 2 is 2.04 bits per heavy atom. The van der Waals surface area contributed by atoms with Crippen molar-refractivity contribution in [3.05, 3.63) is 29.3 Å². The third-order valence-electron chi connectivity index (χ3n) is 3.48. The molecule has 0 aliphatic carbocycles.